The predicted octanol–water partition coefficient (Wildman–Crippen LogP) is 2.77. The van der Waals surface area contributed by atoms with E-state index < -0.39 is 0 Å². The lowest BCUT2D eigenvalue weighted by Gasteiger charge is -2.18. The second-order valence-corrected chi connectivity index (χ2v) is 4.00. The molecule has 0 amide bonds. The largest absolute Gasteiger partial charge is 0.481 e. The van der Waals surface area contributed by atoms with Gasteiger partial charge in [0.05, 0.1) is 19.4 Å². The third-order valence-electron chi connectivity index (χ3n) is 2.73. The fraction of sp³-hybridized carbons (Fsp3) is 0.357. The van der Waals surface area contributed by atoms with Crippen molar-refractivity contribution in [1.82, 2.24) is 10.3 Å². The average molecular weight is 246 g/mol. The first kappa shape index (κ1) is 12.6. The minimum absolute atomic E-state index is 0.0244. The van der Waals surface area contributed by atoms with E-state index in [4.69, 9.17) is 9.15 Å². The quantitative estimate of drug-likeness (QED) is 0.851. The fourth-order valence-electron chi connectivity index (χ4n) is 1.90. The molecule has 18 heavy (non-hydrogen) atoms. The number of ether oxygens (including phenoxy) is 1. The molecular formula is C14H18N2O2. The van der Waals surface area contributed by atoms with E-state index in [1.165, 1.54) is 0 Å². The number of methoxy groups -OCH3 is 1. The number of furan rings is 1. The molecule has 0 fully saturated rings. The molecule has 0 aliphatic heterocycles. The number of aromatic nitrogens is 1. The molecule has 1 unspecified atom stereocenters. The van der Waals surface area contributed by atoms with Crippen molar-refractivity contribution in [2.75, 3.05) is 13.7 Å². The number of pyridine rings is 1. The Balaban J connectivity index is 2.33. The summed E-state index contributed by atoms with van der Waals surface area (Å²) in [5.74, 6) is 1.50. The van der Waals surface area contributed by atoms with Gasteiger partial charge in [0.15, 0.2) is 0 Å². The van der Waals surface area contributed by atoms with Gasteiger partial charge in [-0.3, -0.25) is 0 Å². The second kappa shape index (κ2) is 6.21. The summed E-state index contributed by atoms with van der Waals surface area (Å²) >= 11 is 0. The first-order valence-electron chi connectivity index (χ1n) is 6.12. The number of hydrogen-bond acceptors (Lipinski definition) is 4. The molecule has 0 radical (unpaired) electrons. The normalized spacial score (nSPS) is 12.3. The van der Waals surface area contributed by atoms with Gasteiger partial charge in [-0.05, 0) is 31.2 Å². The van der Waals surface area contributed by atoms with Crippen molar-refractivity contribution < 1.29 is 9.15 Å². The Labute approximate surface area is 107 Å². The summed E-state index contributed by atoms with van der Waals surface area (Å²) in [6.45, 7) is 3.04. The lowest BCUT2D eigenvalue weighted by atomic mass is 10.1. The molecule has 0 saturated heterocycles. The van der Waals surface area contributed by atoms with Crippen molar-refractivity contribution in [2.45, 2.75) is 19.4 Å². The summed E-state index contributed by atoms with van der Waals surface area (Å²) in [5.41, 5.74) is 0.989. The molecule has 0 aromatic carbocycles. The van der Waals surface area contributed by atoms with Crippen molar-refractivity contribution in [3.63, 3.8) is 0 Å². The first-order valence-corrected chi connectivity index (χ1v) is 6.12. The van der Waals surface area contributed by atoms with E-state index >= 15 is 0 Å². The van der Waals surface area contributed by atoms with Crippen molar-refractivity contribution in [2.24, 2.45) is 0 Å². The summed E-state index contributed by atoms with van der Waals surface area (Å²) in [7, 11) is 1.63. The van der Waals surface area contributed by atoms with Gasteiger partial charge in [0.25, 0.3) is 0 Å². The van der Waals surface area contributed by atoms with E-state index in [9.17, 15) is 0 Å². The fourth-order valence-corrected chi connectivity index (χ4v) is 1.90. The van der Waals surface area contributed by atoms with E-state index in [0.717, 1.165) is 24.3 Å². The third kappa shape index (κ3) is 2.71. The summed E-state index contributed by atoms with van der Waals surface area (Å²) < 4.78 is 10.8. The molecule has 1 atom stereocenters. The highest BCUT2D eigenvalue weighted by Crippen LogP contribution is 2.28. The molecule has 0 aliphatic carbocycles. The highest BCUT2D eigenvalue weighted by atomic mass is 16.5. The maximum absolute atomic E-state index is 5.50. The maximum Gasteiger partial charge on any atom is 0.218 e. The van der Waals surface area contributed by atoms with Crippen molar-refractivity contribution >= 4 is 0 Å². The molecule has 96 valence electrons. The Hall–Kier alpha value is -1.81. The van der Waals surface area contributed by atoms with Crippen LogP contribution >= 0.6 is 0 Å². The van der Waals surface area contributed by atoms with E-state index in [1.807, 2.05) is 24.3 Å². The molecule has 2 aromatic rings. The summed E-state index contributed by atoms with van der Waals surface area (Å²) in [4.78, 5) is 4.23. The van der Waals surface area contributed by atoms with E-state index in [2.05, 4.69) is 17.2 Å². The molecule has 0 spiro atoms. The van der Waals surface area contributed by atoms with Gasteiger partial charge in [0.1, 0.15) is 5.76 Å². The van der Waals surface area contributed by atoms with Crippen LogP contribution in [0.1, 0.15) is 30.7 Å². The van der Waals surface area contributed by atoms with Crippen LogP contribution in [0.5, 0.6) is 5.88 Å². The van der Waals surface area contributed by atoms with Crippen LogP contribution in [0.2, 0.25) is 0 Å². The molecule has 1 N–H and O–H groups in total. The first-order chi connectivity index (χ1) is 8.86. The lowest BCUT2D eigenvalue weighted by molar-refractivity contribution is 0.378. The van der Waals surface area contributed by atoms with Crippen LogP contribution in [0, 0.1) is 0 Å². The van der Waals surface area contributed by atoms with Crippen molar-refractivity contribution in [1.29, 1.82) is 0 Å². The van der Waals surface area contributed by atoms with Crippen LogP contribution in [0.15, 0.2) is 41.1 Å². The third-order valence-corrected chi connectivity index (χ3v) is 2.73. The summed E-state index contributed by atoms with van der Waals surface area (Å²) in [6, 6.07) is 7.73. The monoisotopic (exact) mass is 246 g/mol. The number of nitrogens with zero attached hydrogens (tertiary/aromatic N) is 1. The zero-order valence-electron chi connectivity index (χ0n) is 10.7. The van der Waals surface area contributed by atoms with Crippen molar-refractivity contribution in [3.05, 3.63) is 48.0 Å². The Morgan fingerprint density at radius 3 is 2.94 bits per heavy atom. The smallest absolute Gasteiger partial charge is 0.218 e. The summed E-state index contributed by atoms with van der Waals surface area (Å²) in [6.07, 6.45) is 4.46. The van der Waals surface area contributed by atoms with E-state index in [1.54, 1.807) is 19.6 Å². The lowest BCUT2D eigenvalue weighted by Crippen LogP contribution is -2.23. The van der Waals surface area contributed by atoms with E-state index in [-0.39, 0.29) is 6.04 Å². The molecule has 0 saturated carbocycles. The Bertz CT molecular complexity index is 468. The number of hydrogen-bond donors (Lipinski definition) is 1. The molecule has 2 rings (SSSR count). The topological polar surface area (TPSA) is 47.3 Å². The highest BCUT2D eigenvalue weighted by Gasteiger charge is 2.20. The summed E-state index contributed by atoms with van der Waals surface area (Å²) in [5, 5.41) is 3.45. The number of nitrogens with one attached hydrogen (secondary N) is 1. The van der Waals surface area contributed by atoms with Crippen LogP contribution in [-0.4, -0.2) is 18.6 Å². The SMILES string of the molecule is CCCNC(c1ccco1)c1cccnc1OC. The maximum atomic E-state index is 5.50. The van der Waals surface area contributed by atoms with Gasteiger partial charge in [0, 0.05) is 11.8 Å². The van der Waals surface area contributed by atoms with Gasteiger partial charge in [-0.15, -0.1) is 0 Å². The van der Waals surface area contributed by atoms with Gasteiger partial charge in [-0.25, -0.2) is 4.98 Å². The van der Waals surface area contributed by atoms with Crippen LogP contribution in [-0.2, 0) is 0 Å². The average Bonchev–Trinajstić information content (AvgIpc) is 2.94. The Morgan fingerprint density at radius 2 is 2.28 bits per heavy atom. The molecule has 4 heteroatoms. The molecule has 4 nitrogen and oxygen atoms in total. The molecule has 0 bridgehead atoms. The van der Waals surface area contributed by atoms with Gasteiger partial charge < -0.3 is 14.5 Å². The molecule has 2 aromatic heterocycles. The minimum atomic E-state index is -0.0244. The van der Waals surface area contributed by atoms with Crippen LogP contribution in [0.4, 0.5) is 0 Å². The minimum Gasteiger partial charge on any atom is -0.481 e. The molecular weight excluding hydrogens is 228 g/mol. The second-order valence-electron chi connectivity index (χ2n) is 4.00. The standard InChI is InChI=1S/C14H18N2O2/c1-3-8-15-13(12-7-5-10-18-12)11-6-4-9-16-14(11)17-2/h4-7,9-10,13,15H,3,8H2,1-2H3. The predicted molar refractivity (Wildman–Crippen MR) is 69.6 cm³/mol. The Kier molecular flexibility index (Phi) is 4.36. The van der Waals surface area contributed by atoms with Gasteiger partial charge in [-0.2, -0.15) is 0 Å². The zero-order chi connectivity index (χ0) is 12.8. The highest BCUT2D eigenvalue weighted by molar-refractivity contribution is 5.34. The van der Waals surface area contributed by atoms with Gasteiger partial charge >= 0.3 is 0 Å². The van der Waals surface area contributed by atoms with Crippen LogP contribution in [0.3, 0.4) is 0 Å². The van der Waals surface area contributed by atoms with E-state index in [0.29, 0.717) is 5.88 Å². The Morgan fingerprint density at radius 1 is 1.39 bits per heavy atom. The molecule has 0 aliphatic rings. The van der Waals surface area contributed by atoms with Crippen LogP contribution < -0.4 is 10.1 Å². The molecule has 2 heterocycles. The van der Waals surface area contributed by atoms with Gasteiger partial charge in [-0.1, -0.05) is 13.0 Å². The zero-order valence-corrected chi connectivity index (χ0v) is 10.7. The van der Waals surface area contributed by atoms with Crippen molar-refractivity contribution in [3.8, 4) is 5.88 Å². The van der Waals surface area contributed by atoms with Crippen LogP contribution in [0.25, 0.3) is 0 Å². The van der Waals surface area contributed by atoms with Gasteiger partial charge in [0.2, 0.25) is 5.88 Å². The number of rotatable bonds is 6.